The Bertz CT molecular complexity index is 1230. The van der Waals surface area contributed by atoms with Crippen LogP contribution in [0.15, 0.2) is 54.9 Å². The third-order valence-corrected chi connectivity index (χ3v) is 6.20. The van der Waals surface area contributed by atoms with Crippen LogP contribution in [0.2, 0.25) is 0 Å². The van der Waals surface area contributed by atoms with Crippen molar-refractivity contribution in [1.29, 1.82) is 0 Å². The summed E-state index contributed by atoms with van der Waals surface area (Å²) in [6.07, 6.45) is 3.25. The van der Waals surface area contributed by atoms with Crippen LogP contribution in [0.5, 0.6) is 0 Å². The Morgan fingerprint density at radius 1 is 1.00 bits per heavy atom. The minimum Gasteiger partial charge on any atom is -0.342 e. The second-order valence-corrected chi connectivity index (χ2v) is 8.21. The van der Waals surface area contributed by atoms with Gasteiger partial charge in [-0.3, -0.25) is 9.78 Å². The Morgan fingerprint density at radius 3 is 2.32 bits per heavy atom. The number of hydrogen-bond donors (Lipinski definition) is 1. The van der Waals surface area contributed by atoms with Crippen LogP contribution in [-0.4, -0.2) is 20.4 Å². The maximum Gasteiger partial charge on any atom is 0.251 e. The number of nitrogens with one attached hydrogen (secondary N) is 1. The fourth-order valence-corrected chi connectivity index (χ4v) is 4.13. The molecule has 0 aliphatic carbocycles. The highest BCUT2D eigenvalue weighted by Gasteiger charge is 2.20. The zero-order valence-corrected chi connectivity index (χ0v) is 18.7. The second-order valence-electron chi connectivity index (χ2n) is 8.21. The van der Waals surface area contributed by atoms with Crippen LogP contribution >= 0.6 is 0 Å². The van der Waals surface area contributed by atoms with Crippen LogP contribution in [0, 0.1) is 27.7 Å². The number of imidazole rings is 1. The molecule has 1 N–H and O–H groups in total. The summed E-state index contributed by atoms with van der Waals surface area (Å²) in [4.78, 5) is 21.6. The van der Waals surface area contributed by atoms with E-state index in [1.165, 1.54) is 27.8 Å². The third kappa shape index (κ3) is 3.96. The molecule has 0 radical (unpaired) electrons. The van der Waals surface area contributed by atoms with Gasteiger partial charge in [0, 0.05) is 24.5 Å². The normalized spacial score (nSPS) is 12.2. The first kappa shape index (κ1) is 20.8. The number of amides is 1. The minimum atomic E-state index is -0.250. The zero-order chi connectivity index (χ0) is 22.1. The van der Waals surface area contributed by atoms with E-state index in [0.29, 0.717) is 12.1 Å². The molecule has 1 unspecified atom stereocenters. The van der Waals surface area contributed by atoms with E-state index in [-0.39, 0.29) is 11.9 Å². The molecule has 4 rings (SSSR count). The molecular weight excluding hydrogens is 384 g/mol. The quantitative estimate of drug-likeness (QED) is 0.490. The van der Waals surface area contributed by atoms with Gasteiger partial charge in [-0.2, -0.15) is 0 Å². The predicted molar refractivity (Wildman–Crippen MR) is 124 cm³/mol. The smallest absolute Gasteiger partial charge is 0.251 e. The van der Waals surface area contributed by atoms with Gasteiger partial charge in [0.25, 0.3) is 5.91 Å². The molecule has 0 aliphatic heterocycles. The van der Waals surface area contributed by atoms with Crippen molar-refractivity contribution in [2.45, 2.75) is 47.2 Å². The average Bonchev–Trinajstić information content (AvgIpc) is 3.14. The summed E-state index contributed by atoms with van der Waals surface area (Å²) in [5, 5.41) is 3.10. The molecule has 0 saturated carbocycles. The predicted octanol–water partition coefficient (Wildman–Crippen LogP) is 5.20. The van der Waals surface area contributed by atoms with Crippen molar-refractivity contribution in [3.8, 4) is 0 Å². The van der Waals surface area contributed by atoms with E-state index in [2.05, 4.69) is 54.7 Å². The van der Waals surface area contributed by atoms with Crippen molar-refractivity contribution in [1.82, 2.24) is 19.9 Å². The Balaban J connectivity index is 1.76. The van der Waals surface area contributed by atoms with Gasteiger partial charge in [-0.15, -0.1) is 0 Å². The number of aryl methyl sites for hydroxylation is 2. The summed E-state index contributed by atoms with van der Waals surface area (Å²) in [6.45, 7) is 11.4. The number of aromatic nitrogens is 3. The van der Waals surface area contributed by atoms with Crippen molar-refractivity contribution in [3.05, 3.63) is 94.1 Å². The Morgan fingerprint density at radius 2 is 1.65 bits per heavy atom. The molecule has 4 aromatic rings. The molecule has 1 amide bonds. The fraction of sp³-hybridized carbons (Fsp3) is 0.269. The summed E-state index contributed by atoms with van der Waals surface area (Å²) in [5.74, 6) is 0.717. The van der Waals surface area contributed by atoms with Gasteiger partial charge in [-0.25, -0.2) is 4.98 Å². The monoisotopic (exact) mass is 412 g/mol. The van der Waals surface area contributed by atoms with E-state index in [1.807, 2.05) is 25.1 Å². The summed E-state index contributed by atoms with van der Waals surface area (Å²) >= 11 is 0. The molecule has 5 heteroatoms. The summed E-state index contributed by atoms with van der Waals surface area (Å²) in [6, 6.07) is 13.6. The molecule has 5 nitrogen and oxygen atoms in total. The van der Waals surface area contributed by atoms with Crippen LogP contribution in [0.4, 0.5) is 0 Å². The largest absolute Gasteiger partial charge is 0.342 e. The first-order valence-electron chi connectivity index (χ1n) is 10.6. The SMILES string of the molecule is Cc1cc(C)c(C)c(Cn2c(C(C)NC(=O)c3ccncc3)nc3ccccc32)c1C. The first-order valence-corrected chi connectivity index (χ1v) is 10.6. The molecule has 0 aliphatic rings. The molecule has 0 saturated heterocycles. The lowest BCUT2D eigenvalue weighted by Gasteiger charge is -2.20. The molecule has 0 fully saturated rings. The number of rotatable bonds is 5. The number of carbonyl (C=O) groups excluding carboxylic acids is 1. The van der Waals surface area contributed by atoms with E-state index in [0.717, 1.165) is 16.9 Å². The van der Waals surface area contributed by atoms with Crippen LogP contribution in [-0.2, 0) is 6.54 Å². The summed E-state index contributed by atoms with van der Waals surface area (Å²) < 4.78 is 2.24. The molecule has 1 atom stereocenters. The maximum atomic E-state index is 12.7. The molecule has 0 spiro atoms. The lowest BCUT2D eigenvalue weighted by molar-refractivity contribution is 0.0937. The van der Waals surface area contributed by atoms with Gasteiger partial charge >= 0.3 is 0 Å². The molecule has 2 aromatic carbocycles. The minimum absolute atomic E-state index is 0.132. The van der Waals surface area contributed by atoms with Gasteiger partial charge in [0.2, 0.25) is 0 Å². The number of benzene rings is 2. The first-order chi connectivity index (χ1) is 14.9. The van der Waals surface area contributed by atoms with Crippen LogP contribution in [0.25, 0.3) is 11.0 Å². The van der Waals surface area contributed by atoms with Crippen LogP contribution in [0.1, 0.15) is 57.0 Å². The highest BCUT2D eigenvalue weighted by Crippen LogP contribution is 2.27. The molecule has 31 heavy (non-hydrogen) atoms. The third-order valence-electron chi connectivity index (χ3n) is 6.20. The van der Waals surface area contributed by atoms with Crippen molar-refractivity contribution in [2.75, 3.05) is 0 Å². The maximum absolute atomic E-state index is 12.7. The highest BCUT2D eigenvalue weighted by atomic mass is 16.1. The van der Waals surface area contributed by atoms with Crippen molar-refractivity contribution < 1.29 is 4.79 Å². The fourth-order valence-electron chi connectivity index (χ4n) is 4.13. The second kappa shape index (κ2) is 8.34. The topological polar surface area (TPSA) is 59.8 Å². The molecular formula is C26H28N4O. The number of pyridine rings is 1. The number of fused-ring (bicyclic) bond motifs is 1. The summed E-state index contributed by atoms with van der Waals surface area (Å²) in [5.41, 5.74) is 9.11. The highest BCUT2D eigenvalue weighted by molar-refractivity contribution is 5.94. The Kier molecular flexibility index (Phi) is 5.59. The van der Waals surface area contributed by atoms with E-state index >= 15 is 0 Å². The Labute approximate surface area is 183 Å². The number of carbonyl (C=O) groups is 1. The van der Waals surface area contributed by atoms with Crippen molar-refractivity contribution in [2.24, 2.45) is 0 Å². The zero-order valence-electron chi connectivity index (χ0n) is 18.7. The number of nitrogens with zero attached hydrogens (tertiary/aromatic N) is 3. The van der Waals surface area contributed by atoms with Crippen molar-refractivity contribution in [3.63, 3.8) is 0 Å². The lowest BCUT2D eigenvalue weighted by atomic mass is 9.94. The van der Waals surface area contributed by atoms with Gasteiger partial charge in [-0.05, 0) is 86.7 Å². The van der Waals surface area contributed by atoms with Gasteiger partial charge in [0.1, 0.15) is 5.82 Å². The van der Waals surface area contributed by atoms with Gasteiger partial charge < -0.3 is 9.88 Å². The van der Waals surface area contributed by atoms with Crippen molar-refractivity contribution >= 4 is 16.9 Å². The average molecular weight is 413 g/mol. The lowest BCUT2D eigenvalue weighted by Crippen LogP contribution is -2.29. The molecule has 2 aromatic heterocycles. The van der Waals surface area contributed by atoms with Crippen LogP contribution < -0.4 is 5.32 Å². The molecule has 0 bridgehead atoms. The van der Waals surface area contributed by atoms with E-state index in [4.69, 9.17) is 4.98 Å². The van der Waals surface area contributed by atoms with E-state index in [9.17, 15) is 4.79 Å². The van der Waals surface area contributed by atoms with Gasteiger partial charge in [0.05, 0.1) is 17.1 Å². The number of hydrogen-bond acceptors (Lipinski definition) is 3. The number of para-hydroxylation sites is 2. The van der Waals surface area contributed by atoms with Gasteiger partial charge in [0.15, 0.2) is 0 Å². The van der Waals surface area contributed by atoms with E-state index < -0.39 is 0 Å². The van der Waals surface area contributed by atoms with Gasteiger partial charge in [-0.1, -0.05) is 18.2 Å². The molecule has 158 valence electrons. The molecule has 2 heterocycles. The summed E-state index contributed by atoms with van der Waals surface area (Å²) in [7, 11) is 0. The van der Waals surface area contributed by atoms with Crippen LogP contribution in [0.3, 0.4) is 0 Å². The van der Waals surface area contributed by atoms with E-state index in [1.54, 1.807) is 24.5 Å². The Hall–Kier alpha value is -3.47. The standard InChI is InChI=1S/C26H28N4O/c1-16-14-17(2)19(4)22(18(16)3)15-30-24-9-7-6-8-23(24)29-25(30)20(5)28-26(31)21-10-12-27-13-11-21/h6-14,20H,15H2,1-5H3,(H,28,31).